The minimum absolute atomic E-state index is 0.0776. The first-order valence-corrected chi connectivity index (χ1v) is 7.01. The van der Waals surface area contributed by atoms with Gasteiger partial charge in [-0.25, -0.2) is 0 Å². The van der Waals surface area contributed by atoms with E-state index in [-0.39, 0.29) is 11.5 Å². The van der Waals surface area contributed by atoms with E-state index in [0.29, 0.717) is 26.9 Å². The van der Waals surface area contributed by atoms with Crippen LogP contribution in [0, 0.1) is 0 Å². The van der Waals surface area contributed by atoms with Gasteiger partial charge in [-0.3, -0.25) is 4.79 Å². The zero-order chi connectivity index (χ0) is 15.7. The van der Waals surface area contributed by atoms with Crippen molar-refractivity contribution in [3.05, 3.63) is 57.6 Å². The van der Waals surface area contributed by atoms with Crippen LogP contribution in [0.25, 0.3) is 0 Å². The number of nitrogens with zero attached hydrogens (tertiary/aromatic N) is 2. The van der Waals surface area contributed by atoms with Crippen LogP contribution in [0.2, 0.25) is 10.0 Å². The number of phenols is 1. The standard InChI is InChI=1S/C15H9Cl2N3O2/c16-9-5-10-13(11(17)6-9)19-15(22)14(10)20-18-7-8-3-1-2-4-12(8)21/h1-7,21H,(H,19,20,22). The molecule has 1 aliphatic rings. The van der Waals surface area contributed by atoms with Crippen molar-refractivity contribution in [1.82, 2.24) is 0 Å². The minimum atomic E-state index is -0.409. The molecular weight excluding hydrogens is 325 g/mol. The molecule has 0 fully saturated rings. The summed E-state index contributed by atoms with van der Waals surface area (Å²) in [5, 5.41) is 20.7. The molecule has 0 unspecified atom stereocenters. The SMILES string of the molecule is O=C1Nc2c(Cl)cc(Cl)cc2C1=NN=Cc1ccccc1O. The lowest BCUT2D eigenvalue weighted by molar-refractivity contribution is -0.110. The highest BCUT2D eigenvalue weighted by atomic mass is 35.5. The summed E-state index contributed by atoms with van der Waals surface area (Å²) in [5.41, 5.74) is 1.57. The quantitative estimate of drug-likeness (QED) is 0.652. The smallest absolute Gasteiger partial charge is 0.276 e. The molecule has 1 aliphatic heterocycles. The van der Waals surface area contributed by atoms with E-state index >= 15 is 0 Å². The van der Waals surface area contributed by atoms with Crippen LogP contribution in [-0.4, -0.2) is 22.9 Å². The fourth-order valence-corrected chi connectivity index (χ4v) is 2.57. The van der Waals surface area contributed by atoms with Crippen molar-refractivity contribution >= 4 is 46.7 Å². The van der Waals surface area contributed by atoms with Crippen LogP contribution < -0.4 is 5.32 Å². The Bertz CT molecular complexity index is 832. The summed E-state index contributed by atoms with van der Waals surface area (Å²) in [6, 6.07) is 9.79. The number of aromatic hydroxyl groups is 1. The summed E-state index contributed by atoms with van der Waals surface area (Å²) in [7, 11) is 0. The van der Waals surface area contributed by atoms with Crippen LogP contribution in [0.15, 0.2) is 46.6 Å². The Labute approximate surface area is 135 Å². The number of halogens is 2. The Hall–Kier alpha value is -2.37. The number of para-hydroxylation sites is 1. The highest BCUT2D eigenvalue weighted by Crippen LogP contribution is 2.34. The maximum absolute atomic E-state index is 11.9. The molecule has 2 aromatic rings. The van der Waals surface area contributed by atoms with E-state index in [4.69, 9.17) is 23.2 Å². The average molecular weight is 334 g/mol. The monoisotopic (exact) mass is 333 g/mol. The van der Waals surface area contributed by atoms with Gasteiger partial charge in [-0.15, -0.1) is 5.10 Å². The van der Waals surface area contributed by atoms with Crippen LogP contribution in [0.3, 0.4) is 0 Å². The molecule has 0 saturated carbocycles. The van der Waals surface area contributed by atoms with Gasteiger partial charge in [-0.05, 0) is 24.3 Å². The van der Waals surface area contributed by atoms with Gasteiger partial charge in [0.1, 0.15) is 5.75 Å². The number of hydrogen-bond donors (Lipinski definition) is 2. The third kappa shape index (κ3) is 2.68. The van der Waals surface area contributed by atoms with Gasteiger partial charge < -0.3 is 10.4 Å². The first-order chi connectivity index (χ1) is 10.6. The molecule has 0 radical (unpaired) electrons. The number of hydrogen-bond acceptors (Lipinski definition) is 4. The van der Waals surface area contributed by atoms with Gasteiger partial charge in [0.05, 0.1) is 16.9 Å². The summed E-state index contributed by atoms with van der Waals surface area (Å²) in [4.78, 5) is 11.9. The lowest BCUT2D eigenvalue weighted by Crippen LogP contribution is -2.13. The van der Waals surface area contributed by atoms with Crippen LogP contribution in [0.1, 0.15) is 11.1 Å². The van der Waals surface area contributed by atoms with Crippen LogP contribution in [0.5, 0.6) is 5.75 Å². The molecule has 5 nitrogen and oxygen atoms in total. The molecule has 0 bridgehead atoms. The molecular formula is C15H9Cl2N3O2. The molecule has 1 heterocycles. The Kier molecular flexibility index (Phi) is 3.83. The number of fused-ring (bicyclic) bond motifs is 1. The van der Waals surface area contributed by atoms with Crippen LogP contribution >= 0.6 is 23.2 Å². The topological polar surface area (TPSA) is 74.0 Å². The summed E-state index contributed by atoms with van der Waals surface area (Å²) in [6.45, 7) is 0. The Balaban J connectivity index is 1.97. The Morgan fingerprint density at radius 1 is 1.18 bits per heavy atom. The van der Waals surface area contributed by atoms with Crippen molar-refractivity contribution in [1.29, 1.82) is 0 Å². The summed E-state index contributed by atoms with van der Waals surface area (Å²) < 4.78 is 0. The average Bonchev–Trinajstić information content (AvgIpc) is 2.78. The minimum Gasteiger partial charge on any atom is -0.507 e. The summed E-state index contributed by atoms with van der Waals surface area (Å²) in [5.74, 6) is -0.331. The first kappa shape index (κ1) is 14.6. The van der Waals surface area contributed by atoms with E-state index in [9.17, 15) is 9.90 Å². The van der Waals surface area contributed by atoms with Gasteiger partial charge >= 0.3 is 0 Å². The van der Waals surface area contributed by atoms with E-state index in [1.165, 1.54) is 18.3 Å². The fraction of sp³-hybridized carbons (Fsp3) is 0. The number of carbonyl (C=O) groups is 1. The van der Waals surface area contributed by atoms with Crippen LogP contribution in [-0.2, 0) is 4.79 Å². The van der Waals surface area contributed by atoms with Crippen molar-refractivity contribution in [2.75, 3.05) is 5.32 Å². The second-order valence-corrected chi connectivity index (χ2v) is 5.36. The highest BCUT2D eigenvalue weighted by Gasteiger charge is 2.28. The fourth-order valence-electron chi connectivity index (χ4n) is 2.03. The van der Waals surface area contributed by atoms with E-state index in [1.54, 1.807) is 24.3 Å². The predicted octanol–water partition coefficient (Wildman–Crippen LogP) is 3.47. The number of anilines is 1. The second-order valence-electron chi connectivity index (χ2n) is 4.52. The van der Waals surface area contributed by atoms with Gasteiger partial charge in [-0.1, -0.05) is 35.3 Å². The van der Waals surface area contributed by atoms with Crippen molar-refractivity contribution in [3.8, 4) is 5.75 Å². The molecule has 3 rings (SSSR count). The Morgan fingerprint density at radius 3 is 2.73 bits per heavy atom. The van der Waals surface area contributed by atoms with Gasteiger partial charge in [0.25, 0.3) is 5.91 Å². The third-order valence-electron chi connectivity index (χ3n) is 3.06. The van der Waals surface area contributed by atoms with Gasteiger partial charge in [0.15, 0.2) is 5.71 Å². The van der Waals surface area contributed by atoms with Crippen molar-refractivity contribution < 1.29 is 9.90 Å². The molecule has 110 valence electrons. The molecule has 0 aromatic heterocycles. The molecule has 1 amide bonds. The maximum Gasteiger partial charge on any atom is 0.276 e. The third-order valence-corrected chi connectivity index (χ3v) is 3.57. The number of nitrogens with one attached hydrogen (secondary N) is 1. The van der Waals surface area contributed by atoms with Crippen molar-refractivity contribution in [2.24, 2.45) is 10.2 Å². The summed E-state index contributed by atoms with van der Waals surface area (Å²) >= 11 is 12.0. The van der Waals surface area contributed by atoms with Crippen LogP contribution in [0.4, 0.5) is 5.69 Å². The van der Waals surface area contributed by atoms with E-state index in [0.717, 1.165) is 0 Å². The van der Waals surface area contributed by atoms with Crippen molar-refractivity contribution in [2.45, 2.75) is 0 Å². The molecule has 7 heteroatoms. The van der Waals surface area contributed by atoms with Crippen molar-refractivity contribution in [3.63, 3.8) is 0 Å². The second kappa shape index (κ2) is 5.79. The normalized spacial score (nSPS) is 15.4. The molecule has 22 heavy (non-hydrogen) atoms. The predicted molar refractivity (Wildman–Crippen MR) is 87.3 cm³/mol. The molecule has 2 aromatic carbocycles. The van der Waals surface area contributed by atoms with E-state index in [1.807, 2.05) is 0 Å². The zero-order valence-corrected chi connectivity index (χ0v) is 12.6. The van der Waals surface area contributed by atoms with Gasteiger partial charge in [0.2, 0.25) is 0 Å². The van der Waals surface area contributed by atoms with E-state index in [2.05, 4.69) is 15.5 Å². The number of phenolic OH excluding ortho intramolecular Hbond substituents is 1. The Morgan fingerprint density at radius 2 is 1.95 bits per heavy atom. The van der Waals surface area contributed by atoms with Gasteiger partial charge in [-0.2, -0.15) is 5.10 Å². The molecule has 0 aliphatic carbocycles. The number of rotatable bonds is 2. The molecule has 0 atom stereocenters. The highest BCUT2D eigenvalue weighted by molar-refractivity contribution is 6.56. The lowest BCUT2D eigenvalue weighted by atomic mass is 10.1. The van der Waals surface area contributed by atoms with Gasteiger partial charge in [0, 0.05) is 16.1 Å². The molecule has 2 N–H and O–H groups in total. The first-order valence-electron chi connectivity index (χ1n) is 6.26. The number of carbonyl (C=O) groups excluding carboxylic acids is 1. The largest absolute Gasteiger partial charge is 0.507 e. The molecule has 0 saturated heterocycles. The molecule has 0 spiro atoms. The zero-order valence-electron chi connectivity index (χ0n) is 11.0. The maximum atomic E-state index is 11.9. The number of benzene rings is 2. The summed E-state index contributed by atoms with van der Waals surface area (Å²) in [6.07, 6.45) is 1.36. The number of amides is 1. The van der Waals surface area contributed by atoms with E-state index < -0.39 is 5.91 Å². The lowest BCUT2D eigenvalue weighted by Gasteiger charge is -2.01.